The van der Waals surface area contributed by atoms with Gasteiger partial charge in [0, 0.05) is 24.4 Å². The molecule has 0 spiro atoms. The highest BCUT2D eigenvalue weighted by Crippen LogP contribution is 2.35. The summed E-state index contributed by atoms with van der Waals surface area (Å²) in [7, 11) is 0. The molecule has 0 unspecified atom stereocenters. The number of phenolic OH excluding ortho intramolecular Hbond substituents is 1. The molecule has 0 bridgehead atoms. The molecule has 0 amide bonds. The third-order valence-corrected chi connectivity index (χ3v) is 4.25. The van der Waals surface area contributed by atoms with Crippen LogP contribution < -0.4 is 5.01 Å². The Kier molecular flexibility index (Phi) is 4.04. The largest absolute Gasteiger partial charge is 0.508 e. The van der Waals surface area contributed by atoms with Crippen LogP contribution in [0.2, 0.25) is 0 Å². The molecular weight excluding hydrogens is 326 g/mol. The minimum absolute atomic E-state index is 0.122. The van der Waals surface area contributed by atoms with Crippen LogP contribution in [0.3, 0.4) is 0 Å². The van der Waals surface area contributed by atoms with E-state index in [0.717, 1.165) is 16.8 Å². The number of nitriles is 1. The Morgan fingerprint density at radius 1 is 1.04 bits per heavy atom. The minimum atomic E-state index is -0.122. The Morgan fingerprint density at radius 2 is 1.85 bits per heavy atom. The van der Waals surface area contributed by atoms with Crippen molar-refractivity contribution >= 4 is 11.7 Å². The summed E-state index contributed by atoms with van der Waals surface area (Å²) in [6, 6.07) is 18.3. The molecule has 1 atom stereocenters. The number of hydrazone groups is 1. The van der Waals surface area contributed by atoms with Crippen LogP contribution in [-0.2, 0) is 0 Å². The lowest BCUT2D eigenvalue weighted by Crippen LogP contribution is -2.20. The van der Waals surface area contributed by atoms with Crippen molar-refractivity contribution in [3.05, 3.63) is 83.7 Å². The Labute approximate surface area is 150 Å². The standard InChI is InChI=1S/C20H15N5O/c21-13-14-4-1-6-16(10-14)19-12-18(15-5-2-7-17(26)11-15)24-25(19)20-22-8-3-9-23-20/h1-11,19,26H,12H2/t19-/m0/s1. The van der Waals surface area contributed by atoms with Gasteiger partial charge in [0.05, 0.1) is 23.4 Å². The number of aromatic hydroxyl groups is 1. The topological polar surface area (TPSA) is 85.4 Å². The Hall–Kier alpha value is -3.72. The van der Waals surface area contributed by atoms with Gasteiger partial charge >= 0.3 is 0 Å². The van der Waals surface area contributed by atoms with Crippen molar-refractivity contribution in [2.24, 2.45) is 5.10 Å². The van der Waals surface area contributed by atoms with Gasteiger partial charge in [-0.05, 0) is 35.9 Å². The fourth-order valence-electron chi connectivity index (χ4n) is 3.04. The van der Waals surface area contributed by atoms with Gasteiger partial charge in [-0.3, -0.25) is 0 Å². The van der Waals surface area contributed by atoms with Crippen molar-refractivity contribution < 1.29 is 5.11 Å². The molecule has 0 saturated carbocycles. The number of hydrogen-bond acceptors (Lipinski definition) is 6. The van der Waals surface area contributed by atoms with E-state index in [0.29, 0.717) is 17.9 Å². The first kappa shape index (κ1) is 15.8. The highest BCUT2D eigenvalue weighted by atomic mass is 16.3. The summed E-state index contributed by atoms with van der Waals surface area (Å²) in [6.45, 7) is 0. The van der Waals surface area contributed by atoms with Crippen LogP contribution in [0.4, 0.5) is 5.95 Å². The molecule has 1 aromatic heterocycles. The first-order valence-electron chi connectivity index (χ1n) is 8.18. The molecule has 0 saturated heterocycles. The number of anilines is 1. The van der Waals surface area contributed by atoms with E-state index in [1.54, 1.807) is 47.7 Å². The van der Waals surface area contributed by atoms with E-state index in [1.807, 2.05) is 24.3 Å². The van der Waals surface area contributed by atoms with Crippen LogP contribution in [0, 0.1) is 11.3 Å². The van der Waals surface area contributed by atoms with Crippen LogP contribution >= 0.6 is 0 Å². The summed E-state index contributed by atoms with van der Waals surface area (Å²) in [4.78, 5) is 8.64. The van der Waals surface area contributed by atoms with Gasteiger partial charge in [-0.1, -0.05) is 24.3 Å². The maximum atomic E-state index is 9.78. The van der Waals surface area contributed by atoms with E-state index in [1.165, 1.54) is 0 Å². The summed E-state index contributed by atoms with van der Waals surface area (Å²) in [5, 5.41) is 25.5. The SMILES string of the molecule is N#Cc1cccc([C@@H]2CC(c3cccc(O)c3)=NN2c2ncccn2)c1. The summed E-state index contributed by atoms with van der Waals surface area (Å²) in [5.74, 6) is 0.692. The normalized spacial score (nSPS) is 16.2. The molecule has 26 heavy (non-hydrogen) atoms. The molecule has 126 valence electrons. The highest BCUT2D eigenvalue weighted by molar-refractivity contribution is 6.03. The fraction of sp³-hybridized carbons (Fsp3) is 0.100. The van der Waals surface area contributed by atoms with E-state index in [2.05, 4.69) is 16.0 Å². The molecule has 1 aliphatic heterocycles. The van der Waals surface area contributed by atoms with Gasteiger partial charge in [0.15, 0.2) is 0 Å². The van der Waals surface area contributed by atoms with Gasteiger partial charge in [0.2, 0.25) is 5.95 Å². The second kappa shape index (κ2) is 6.65. The minimum Gasteiger partial charge on any atom is -0.508 e. The molecule has 0 radical (unpaired) electrons. The third-order valence-electron chi connectivity index (χ3n) is 4.25. The molecule has 0 fully saturated rings. The Balaban J connectivity index is 1.77. The molecular formula is C20H15N5O. The maximum absolute atomic E-state index is 9.78. The molecule has 2 heterocycles. The molecule has 6 nitrogen and oxygen atoms in total. The lowest BCUT2D eigenvalue weighted by atomic mass is 9.97. The van der Waals surface area contributed by atoms with Crippen molar-refractivity contribution in [3.63, 3.8) is 0 Å². The zero-order chi connectivity index (χ0) is 17.9. The first-order valence-corrected chi connectivity index (χ1v) is 8.18. The number of benzene rings is 2. The van der Waals surface area contributed by atoms with E-state index in [-0.39, 0.29) is 11.8 Å². The van der Waals surface area contributed by atoms with Crippen molar-refractivity contribution in [1.82, 2.24) is 9.97 Å². The molecule has 1 aliphatic rings. The van der Waals surface area contributed by atoms with Gasteiger partial charge in [0.25, 0.3) is 0 Å². The Morgan fingerprint density at radius 3 is 2.62 bits per heavy atom. The molecule has 4 rings (SSSR count). The van der Waals surface area contributed by atoms with Crippen LogP contribution in [0.15, 0.2) is 72.1 Å². The molecule has 2 aromatic carbocycles. The third kappa shape index (κ3) is 2.98. The van der Waals surface area contributed by atoms with Crippen molar-refractivity contribution in [3.8, 4) is 11.8 Å². The summed E-state index contributed by atoms with van der Waals surface area (Å²) < 4.78 is 0. The van der Waals surface area contributed by atoms with Crippen molar-refractivity contribution in [2.75, 3.05) is 5.01 Å². The monoisotopic (exact) mass is 341 g/mol. The number of hydrogen-bond donors (Lipinski definition) is 1. The smallest absolute Gasteiger partial charge is 0.246 e. The predicted molar refractivity (Wildman–Crippen MR) is 97.7 cm³/mol. The lowest BCUT2D eigenvalue weighted by Gasteiger charge is -2.21. The van der Waals surface area contributed by atoms with Crippen LogP contribution in [0.1, 0.15) is 29.2 Å². The van der Waals surface area contributed by atoms with Crippen LogP contribution in [0.25, 0.3) is 0 Å². The van der Waals surface area contributed by atoms with Gasteiger partial charge in [-0.15, -0.1) is 0 Å². The quantitative estimate of drug-likeness (QED) is 0.789. The second-order valence-electron chi connectivity index (χ2n) is 5.95. The molecule has 3 aromatic rings. The first-order chi connectivity index (χ1) is 12.7. The molecule has 0 aliphatic carbocycles. The second-order valence-corrected chi connectivity index (χ2v) is 5.95. The summed E-state index contributed by atoms with van der Waals surface area (Å²) >= 11 is 0. The van der Waals surface area contributed by atoms with Gasteiger partial charge in [-0.2, -0.15) is 10.4 Å². The number of aromatic nitrogens is 2. The maximum Gasteiger partial charge on any atom is 0.246 e. The van der Waals surface area contributed by atoms with Crippen LogP contribution in [0.5, 0.6) is 5.75 Å². The average Bonchev–Trinajstić information content (AvgIpc) is 3.14. The van der Waals surface area contributed by atoms with Gasteiger partial charge in [-0.25, -0.2) is 15.0 Å². The zero-order valence-electron chi connectivity index (χ0n) is 13.8. The zero-order valence-corrected chi connectivity index (χ0v) is 13.8. The van der Waals surface area contributed by atoms with Crippen molar-refractivity contribution in [2.45, 2.75) is 12.5 Å². The van der Waals surface area contributed by atoms with E-state index in [9.17, 15) is 10.4 Å². The lowest BCUT2D eigenvalue weighted by molar-refractivity contribution is 0.475. The van der Waals surface area contributed by atoms with Crippen LogP contribution in [-0.4, -0.2) is 20.8 Å². The van der Waals surface area contributed by atoms with Gasteiger partial charge in [0.1, 0.15) is 5.75 Å². The van der Waals surface area contributed by atoms with Crippen molar-refractivity contribution in [1.29, 1.82) is 5.26 Å². The van der Waals surface area contributed by atoms with E-state index in [4.69, 9.17) is 5.10 Å². The average molecular weight is 341 g/mol. The fourth-order valence-corrected chi connectivity index (χ4v) is 3.04. The number of nitrogens with zero attached hydrogens (tertiary/aromatic N) is 5. The predicted octanol–water partition coefficient (Wildman–Crippen LogP) is 3.41. The Bertz CT molecular complexity index is 1010. The van der Waals surface area contributed by atoms with E-state index >= 15 is 0 Å². The summed E-state index contributed by atoms with van der Waals surface area (Å²) in [6.07, 6.45) is 3.97. The highest BCUT2D eigenvalue weighted by Gasteiger charge is 2.31. The molecule has 6 heteroatoms. The number of phenols is 1. The molecule has 1 N–H and O–H groups in total. The number of rotatable bonds is 3. The van der Waals surface area contributed by atoms with E-state index < -0.39 is 0 Å². The summed E-state index contributed by atoms with van der Waals surface area (Å²) in [5.41, 5.74) is 3.25. The van der Waals surface area contributed by atoms with Gasteiger partial charge < -0.3 is 5.11 Å².